The molecule has 1 saturated heterocycles. The lowest BCUT2D eigenvalue weighted by molar-refractivity contribution is -0.129. The number of fused-ring (bicyclic) bond motifs is 1. The Bertz CT molecular complexity index is 1340. The Kier molecular flexibility index (Phi) is 6.52. The predicted octanol–water partition coefficient (Wildman–Crippen LogP) is 3.85. The molecule has 37 heavy (non-hydrogen) atoms. The van der Waals surface area contributed by atoms with Gasteiger partial charge in [-0.2, -0.15) is 0 Å². The topological polar surface area (TPSA) is 79.4 Å². The molecule has 0 N–H and O–H groups in total. The van der Waals surface area contributed by atoms with E-state index in [0.717, 1.165) is 5.56 Å². The molecule has 2 aliphatic rings. The molecule has 0 saturated carbocycles. The Balaban J connectivity index is 1.22. The summed E-state index contributed by atoms with van der Waals surface area (Å²) in [5.41, 5.74) is 1.98. The van der Waals surface area contributed by atoms with Crippen molar-refractivity contribution in [2.24, 2.45) is 0 Å². The van der Waals surface area contributed by atoms with Gasteiger partial charge in [-0.05, 0) is 66.2 Å². The van der Waals surface area contributed by atoms with Crippen LogP contribution in [0.3, 0.4) is 0 Å². The van der Waals surface area contributed by atoms with E-state index in [1.54, 1.807) is 61.5 Å². The van der Waals surface area contributed by atoms with Crippen LogP contribution in [0.5, 0.6) is 17.2 Å². The molecule has 0 radical (unpaired) electrons. The molecule has 2 heterocycles. The minimum atomic E-state index is -0.651. The second-order valence-electron chi connectivity index (χ2n) is 9.20. The normalized spacial score (nSPS) is 16.7. The number of hydrogen-bond acceptors (Lipinski definition) is 5. The molecule has 0 aromatic heterocycles. The Hall–Kier alpha value is -4.40. The van der Waals surface area contributed by atoms with E-state index in [2.05, 4.69) is 0 Å². The predicted molar refractivity (Wildman–Crippen MR) is 134 cm³/mol. The van der Waals surface area contributed by atoms with Gasteiger partial charge in [-0.15, -0.1) is 0 Å². The van der Waals surface area contributed by atoms with Crippen LogP contribution in [0.4, 0.5) is 10.1 Å². The number of likely N-dealkylation sites (N-methyl/N-ethyl adjacent to an activating group) is 1. The maximum atomic E-state index is 13.1. The molecule has 0 spiro atoms. The maximum Gasteiger partial charge on any atom is 0.268 e. The Morgan fingerprint density at radius 3 is 2.30 bits per heavy atom. The Morgan fingerprint density at radius 2 is 1.62 bits per heavy atom. The Morgan fingerprint density at radius 1 is 0.973 bits per heavy atom. The van der Waals surface area contributed by atoms with Crippen LogP contribution >= 0.6 is 0 Å². The fraction of sp³-hybridized carbons (Fsp3) is 0.250. The number of hydrogen-bond donors (Lipinski definition) is 0. The molecule has 0 aliphatic carbocycles. The van der Waals surface area contributed by atoms with Crippen molar-refractivity contribution < 1.29 is 28.2 Å². The van der Waals surface area contributed by atoms with Gasteiger partial charge in [-0.1, -0.05) is 6.07 Å². The molecule has 1 atom stereocenters. The molecule has 9 heteroatoms. The first kappa shape index (κ1) is 24.3. The van der Waals surface area contributed by atoms with Crippen molar-refractivity contribution in [3.8, 4) is 17.2 Å². The highest BCUT2D eigenvalue weighted by Gasteiger charge is 2.36. The first-order valence-electron chi connectivity index (χ1n) is 11.9. The number of ether oxygens (including phenoxy) is 2. The third-order valence-electron chi connectivity index (χ3n) is 6.42. The van der Waals surface area contributed by atoms with Crippen molar-refractivity contribution >= 4 is 23.4 Å². The smallest absolute Gasteiger partial charge is 0.268 e. The summed E-state index contributed by atoms with van der Waals surface area (Å²) in [5.74, 6) is 0.713. The van der Waals surface area contributed by atoms with Gasteiger partial charge in [0.2, 0.25) is 5.91 Å². The van der Waals surface area contributed by atoms with Gasteiger partial charge in [0.25, 0.3) is 11.8 Å². The van der Waals surface area contributed by atoms with Crippen LogP contribution < -0.4 is 14.4 Å². The zero-order valence-electron chi connectivity index (χ0n) is 20.5. The number of amides is 3. The summed E-state index contributed by atoms with van der Waals surface area (Å²) in [6, 6.07) is 18.0. The fourth-order valence-corrected chi connectivity index (χ4v) is 4.36. The van der Waals surface area contributed by atoms with Crippen LogP contribution in [0.15, 0.2) is 66.7 Å². The van der Waals surface area contributed by atoms with Gasteiger partial charge in [-0.25, -0.2) is 4.39 Å². The molecule has 190 valence electrons. The third kappa shape index (κ3) is 5.11. The van der Waals surface area contributed by atoms with Gasteiger partial charge in [-0.3, -0.25) is 14.4 Å². The second kappa shape index (κ2) is 9.93. The molecule has 1 fully saturated rings. The number of carbonyl (C=O) groups is 3. The monoisotopic (exact) mass is 503 g/mol. The zero-order valence-corrected chi connectivity index (χ0v) is 20.5. The second-order valence-corrected chi connectivity index (χ2v) is 9.20. The van der Waals surface area contributed by atoms with Crippen LogP contribution in [0, 0.1) is 5.82 Å². The number of carbonyl (C=O) groups excluding carboxylic acids is 3. The minimum Gasteiger partial charge on any atom is -0.481 e. The van der Waals surface area contributed by atoms with Gasteiger partial charge >= 0.3 is 0 Å². The van der Waals surface area contributed by atoms with E-state index in [9.17, 15) is 18.8 Å². The van der Waals surface area contributed by atoms with E-state index >= 15 is 0 Å². The fourth-order valence-electron chi connectivity index (χ4n) is 4.36. The highest BCUT2D eigenvalue weighted by atomic mass is 19.1. The summed E-state index contributed by atoms with van der Waals surface area (Å²) in [7, 11) is 3.31. The SMILES string of the molecule is CN(C)C(=O)CN1Cc2ccc(N3CC[C@@H](Oc4ccc(Oc5ccc(F)cc5)cc4)C3=O)cc2C1=O. The lowest BCUT2D eigenvalue weighted by Crippen LogP contribution is -2.36. The summed E-state index contributed by atoms with van der Waals surface area (Å²) < 4.78 is 24.7. The van der Waals surface area contributed by atoms with Crippen molar-refractivity contribution in [2.75, 3.05) is 32.1 Å². The van der Waals surface area contributed by atoms with Gasteiger partial charge in [0, 0.05) is 44.9 Å². The molecule has 3 aromatic carbocycles. The maximum absolute atomic E-state index is 13.1. The van der Waals surface area contributed by atoms with E-state index in [0.29, 0.717) is 48.0 Å². The van der Waals surface area contributed by atoms with Crippen LogP contribution in [0.25, 0.3) is 0 Å². The average molecular weight is 504 g/mol. The van der Waals surface area contributed by atoms with Crippen LogP contribution in [-0.4, -0.2) is 60.8 Å². The van der Waals surface area contributed by atoms with E-state index in [1.807, 2.05) is 12.1 Å². The highest BCUT2D eigenvalue weighted by molar-refractivity contribution is 6.03. The van der Waals surface area contributed by atoms with Gasteiger partial charge in [0.15, 0.2) is 6.10 Å². The Labute approximate surface area is 213 Å². The van der Waals surface area contributed by atoms with Crippen LogP contribution in [0.1, 0.15) is 22.3 Å². The first-order chi connectivity index (χ1) is 17.8. The quantitative estimate of drug-likeness (QED) is 0.490. The van der Waals surface area contributed by atoms with Gasteiger partial charge in [0.05, 0.1) is 0 Å². The van der Waals surface area contributed by atoms with Crippen LogP contribution in [0.2, 0.25) is 0 Å². The van der Waals surface area contributed by atoms with E-state index in [1.165, 1.54) is 21.9 Å². The molecule has 3 amide bonds. The first-order valence-corrected chi connectivity index (χ1v) is 11.9. The minimum absolute atomic E-state index is 0.0160. The zero-order chi connectivity index (χ0) is 26.1. The van der Waals surface area contributed by atoms with Crippen molar-refractivity contribution in [1.82, 2.24) is 9.80 Å². The molecule has 3 aromatic rings. The summed E-state index contributed by atoms with van der Waals surface area (Å²) in [6.07, 6.45) is -0.150. The van der Waals surface area contributed by atoms with Gasteiger partial charge in [0.1, 0.15) is 29.6 Å². The molecule has 0 unspecified atom stereocenters. The molecule has 5 rings (SSSR count). The third-order valence-corrected chi connectivity index (χ3v) is 6.42. The molecule has 8 nitrogen and oxygen atoms in total. The van der Waals surface area contributed by atoms with Gasteiger partial charge < -0.3 is 24.2 Å². The molecule has 2 aliphatic heterocycles. The van der Waals surface area contributed by atoms with Crippen LogP contribution in [-0.2, 0) is 16.1 Å². The summed E-state index contributed by atoms with van der Waals surface area (Å²) in [5, 5.41) is 0. The van der Waals surface area contributed by atoms with Crippen molar-refractivity contribution in [2.45, 2.75) is 19.1 Å². The van der Waals surface area contributed by atoms with Crippen molar-refractivity contribution in [3.05, 3.63) is 83.7 Å². The van der Waals surface area contributed by atoms with Crippen molar-refractivity contribution in [1.29, 1.82) is 0 Å². The molecule has 0 bridgehead atoms. The van der Waals surface area contributed by atoms with E-state index < -0.39 is 6.10 Å². The number of benzene rings is 3. The van der Waals surface area contributed by atoms with E-state index in [4.69, 9.17) is 9.47 Å². The van der Waals surface area contributed by atoms with Crippen molar-refractivity contribution in [3.63, 3.8) is 0 Å². The number of nitrogens with zero attached hydrogens (tertiary/aromatic N) is 3. The summed E-state index contributed by atoms with van der Waals surface area (Å²) in [6.45, 7) is 0.849. The largest absolute Gasteiger partial charge is 0.481 e. The highest BCUT2D eigenvalue weighted by Crippen LogP contribution is 2.31. The average Bonchev–Trinajstić information content (AvgIpc) is 3.40. The summed E-state index contributed by atoms with van der Waals surface area (Å²) >= 11 is 0. The summed E-state index contributed by atoms with van der Waals surface area (Å²) in [4.78, 5) is 42.6. The number of anilines is 1. The standard InChI is InChI=1S/C28H26FN3O5/c1-30(2)26(33)17-31-16-18-3-6-20(15-24(18)27(31)34)32-14-13-25(28(32)35)37-23-11-9-22(10-12-23)36-21-7-4-19(29)5-8-21/h3-12,15,25H,13-14,16-17H2,1-2H3/t25-/m1/s1. The lowest BCUT2D eigenvalue weighted by atomic mass is 10.1. The molecular formula is C28H26FN3O5. The number of halogens is 1. The number of rotatable bonds is 7. The van der Waals surface area contributed by atoms with E-state index in [-0.39, 0.29) is 30.1 Å². The lowest BCUT2D eigenvalue weighted by Gasteiger charge is -2.18. The molecular weight excluding hydrogens is 477 g/mol.